The third-order valence-corrected chi connectivity index (χ3v) is 2.98. The van der Waals surface area contributed by atoms with Crippen LogP contribution in [-0.4, -0.2) is 56.9 Å². The van der Waals surface area contributed by atoms with Gasteiger partial charge in [0.2, 0.25) is 5.78 Å². The fraction of sp³-hybridized carbons (Fsp3) is 0.417. The first-order valence-electron chi connectivity index (χ1n) is 5.47. The van der Waals surface area contributed by atoms with Gasteiger partial charge < -0.3 is 25.2 Å². The Hall–Kier alpha value is -1.31. The molecule has 1 heterocycles. The molecule has 1 aromatic rings. The van der Waals surface area contributed by atoms with Crippen molar-refractivity contribution in [3.63, 3.8) is 0 Å². The molecule has 1 unspecified atom stereocenters. The molecule has 0 saturated carbocycles. The van der Waals surface area contributed by atoms with Crippen LogP contribution in [0.2, 0.25) is 0 Å². The summed E-state index contributed by atoms with van der Waals surface area (Å²) < 4.78 is 4.89. The second-order valence-corrected chi connectivity index (χ2v) is 4.17. The minimum atomic E-state index is -2.53. The van der Waals surface area contributed by atoms with Crippen molar-refractivity contribution in [1.82, 2.24) is 0 Å². The summed E-state index contributed by atoms with van der Waals surface area (Å²) in [7, 11) is 0. The van der Waals surface area contributed by atoms with Crippen LogP contribution in [0.25, 0.3) is 0 Å². The Morgan fingerprint density at radius 3 is 2.39 bits per heavy atom. The molecule has 4 N–H and O–H groups in total. The lowest BCUT2D eigenvalue weighted by Crippen LogP contribution is -2.49. The molecule has 2 rings (SSSR count). The zero-order valence-electron chi connectivity index (χ0n) is 9.43. The van der Waals surface area contributed by atoms with Gasteiger partial charge in [-0.25, -0.2) is 0 Å². The number of benzene rings is 1. The molecule has 6 nitrogen and oxygen atoms in total. The van der Waals surface area contributed by atoms with Crippen molar-refractivity contribution in [3.05, 3.63) is 35.9 Å². The fourth-order valence-electron chi connectivity index (χ4n) is 1.93. The van der Waals surface area contributed by atoms with Gasteiger partial charge in [-0.15, -0.1) is 0 Å². The molecular formula is C12H14O6. The summed E-state index contributed by atoms with van der Waals surface area (Å²) in [6.45, 7) is -0.609. The second-order valence-electron chi connectivity index (χ2n) is 4.17. The lowest BCUT2D eigenvalue weighted by Gasteiger charge is -2.24. The van der Waals surface area contributed by atoms with E-state index in [-0.39, 0.29) is 5.56 Å². The van der Waals surface area contributed by atoms with Crippen molar-refractivity contribution in [2.75, 3.05) is 6.61 Å². The van der Waals surface area contributed by atoms with Gasteiger partial charge >= 0.3 is 0 Å². The first-order valence-corrected chi connectivity index (χ1v) is 5.47. The van der Waals surface area contributed by atoms with E-state index in [4.69, 9.17) is 9.84 Å². The van der Waals surface area contributed by atoms with Crippen molar-refractivity contribution in [2.24, 2.45) is 0 Å². The third-order valence-electron chi connectivity index (χ3n) is 2.98. The van der Waals surface area contributed by atoms with Crippen LogP contribution in [-0.2, 0) is 4.74 Å². The Balaban J connectivity index is 2.30. The summed E-state index contributed by atoms with van der Waals surface area (Å²) in [4.78, 5) is 12.1. The van der Waals surface area contributed by atoms with Gasteiger partial charge in [0, 0.05) is 5.56 Å². The van der Waals surface area contributed by atoms with Gasteiger partial charge in [0.05, 0.1) is 6.61 Å². The van der Waals surface area contributed by atoms with Crippen LogP contribution in [0.15, 0.2) is 30.3 Å². The highest BCUT2D eigenvalue weighted by molar-refractivity contribution is 6.02. The monoisotopic (exact) mass is 254 g/mol. The van der Waals surface area contributed by atoms with E-state index in [1.54, 1.807) is 18.2 Å². The fourth-order valence-corrected chi connectivity index (χ4v) is 1.93. The maximum atomic E-state index is 12.1. The van der Waals surface area contributed by atoms with Crippen molar-refractivity contribution < 1.29 is 30.0 Å². The number of carbonyl (C=O) groups excluding carboxylic acids is 1. The molecule has 0 radical (unpaired) electrons. The van der Waals surface area contributed by atoms with Crippen LogP contribution in [0.4, 0.5) is 0 Å². The van der Waals surface area contributed by atoms with Gasteiger partial charge in [-0.2, -0.15) is 0 Å². The predicted octanol–water partition coefficient (Wildman–Crippen LogP) is -1.33. The summed E-state index contributed by atoms with van der Waals surface area (Å²) in [5, 5.41) is 38.2. The minimum Gasteiger partial charge on any atom is -0.394 e. The van der Waals surface area contributed by atoms with Crippen LogP contribution >= 0.6 is 0 Å². The van der Waals surface area contributed by atoms with E-state index >= 15 is 0 Å². The predicted molar refractivity (Wildman–Crippen MR) is 59.7 cm³/mol. The quantitative estimate of drug-likeness (QED) is 0.498. The van der Waals surface area contributed by atoms with Crippen molar-refractivity contribution in [2.45, 2.75) is 24.1 Å². The highest BCUT2D eigenvalue weighted by Crippen LogP contribution is 2.32. The number of ketones is 1. The maximum absolute atomic E-state index is 12.1. The second kappa shape index (κ2) is 4.75. The van der Waals surface area contributed by atoms with E-state index in [9.17, 15) is 20.1 Å². The van der Waals surface area contributed by atoms with Crippen molar-refractivity contribution in [3.8, 4) is 0 Å². The zero-order valence-corrected chi connectivity index (χ0v) is 9.43. The van der Waals surface area contributed by atoms with Gasteiger partial charge in [0.1, 0.15) is 18.3 Å². The number of Topliss-reactive ketones (excluding diaryl/α,β-unsaturated/α-hetero) is 1. The molecule has 0 aromatic heterocycles. The number of hydrogen-bond acceptors (Lipinski definition) is 6. The number of carbonyl (C=O) groups is 1. The van der Waals surface area contributed by atoms with Gasteiger partial charge in [-0.3, -0.25) is 4.79 Å². The highest BCUT2D eigenvalue weighted by atomic mass is 16.7. The van der Waals surface area contributed by atoms with Crippen molar-refractivity contribution >= 4 is 5.78 Å². The Kier molecular flexibility index (Phi) is 3.47. The molecule has 0 amide bonds. The van der Waals surface area contributed by atoms with E-state index < -0.39 is 36.5 Å². The molecule has 1 saturated heterocycles. The van der Waals surface area contributed by atoms with Crippen LogP contribution in [0.3, 0.4) is 0 Å². The molecule has 1 aromatic carbocycles. The van der Waals surface area contributed by atoms with Gasteiger partial charge in [-0.1, -0.05) is 30.3 Å². The zero-order chi connectivity index (χ0) is 13.3. The Morgan fingerprint density at radius 1 is 1.28 bits per heavy atom. The number of ether oxygens (including phenoxy) is 1. The van der Waals surface area contributed by atoms with Crippen LogP contribution < -0.4 is 0 Å². The summed E-state index contributed by atoms with van der Waals surface area (Å²) >= 11 is 0. The van der Waals surface area contributed by atoms with Gasteiger partial charge in [-0.05, 0) is 0 Å². The summed E-state index contributed by atoms with van der Waals surface area (Å²) in [5.74, 6) is -3.39. The minimum absolute atomic E-state index is 0.143. The van der Waals surface area contributed by atoms with Gasteiger partial charge in [0.25, 0.3) is 5.79 Å². The molecule has 18 heavy (non-hydrogen) atoms. The van der Waals surface area contributed by atoms with E-state index in [1.807, 2.05) is 0 Å². The lowest BCUT2D eigenvalue weighted by molar-refractivity contribution is -0.193. The van der Waals surface area contributed by atoms with Crippen LogP contribution in [0.5, 0.6) is 0 Å². The van der Waals surface area contributed by atoms with Crippen LogP contribution in [0, 0.1) is 0 Å². The number of rotatable bonds is 3. The average molecular weight is 254 g/mol. The molecule has 0 bridgehead atoms. The Bertz CT molecular complexity index is 433. The normalized spacial score (nSPS) is 35.7. The lowest BCUT2D eigenvalue weighted by atomic mass is 9.97. The van der Waals surface area contributed by atoms with E-state index in [0.29, 0.717) is 0 Å². The Labute approximate surface area is 103 Å². The third kappa shape index (κ3) is 1.94. The van der Waals surface area contributed by atoms with Crippen molar-refractivity contribution in [1.29, 1.82) is 0 Å². The summed E-state index contributed by atoms with van der Waals surface area (Å²) in [6.07, 6.45) is -4.52. The molecule has 0 aliphatic carbocycles. The smallest absolute Gasteiger partial charge is 0.261 e. The van der Waals surface area contributed by atoms with Gasteiger partial charge in [0.15, 0.2) is 0 Å². The van der Waals surface area contributed by atoms with E-state index in [0.717, 1.165) is 0 Å². The first kappa shape index (κ1) is 13.1. The van der Waals surface area contributed by atoms with E-state index in [2.05, 4.69) is 0 Å². The molecular weight excluding hydrogens is 240 g/mol. The Morgan fingerprint density at radius 2 is 1.89 bits per heavy atom. The molecule has 1 aliphatic rings. The molecule has 4 atom stereocenters. The van der Waals surface area contributed by atoms with E-state index in [1.165, 1.54) is 12.1 Å². The largest absolute Gasteiger partial charge is 0.394 e. The number of aliphatic hydroxyl groups excluding tert-OH is 3. The number of aliphatic hydroxyl groups is 4. The topological polar surface area (TPSA) is 107 Å². The number of hydrogen-bond donors (Lipinski definition) is 4. The molecule has 6 heteroatoms. The van der Waals surface area contributed by atoms with Crippen LogP contribution in [0.1, 0.15) is 10.4 Å². The maximum Gasteiger partial charge on any atom is 0.261 e. The molecule has 98 valence electrons. The SMILES string of the molecule is O=C(c1ccccc1)C1(O)O[C@@H](CO)[C@H](O)[C@H]1O. The first-order chi connectivity index (χ1) is 8.50. The average Bonchev–Trinajstić information content (AvgIpc) is 2.64. The molecule has 0 spiro atoms. The molecule has 1 aliphatic heterocycles. The summed E-state index contributed by atoms with van der Waals surface area (Å²) in [5.41, 5.74) is 0.143. The summed E-state index contributed by atoms with van der Waals surface area (Å²) in [6, 6.07) is 7.79. The standard InChI is InChI=1S/C12H14O6/c13-6-8-9(14)11(16)12(17,18-8)10(15)7-4-2-1-3-5-7/h1-5,8-9,11,13-14,16-17H,6H2/t8-,9-,11+,12?/m0/s1. The molecule has 1 fully saturated rings. The highest BCUT2D eigenvalue weighted by Gasteiger charge is 2.57.